The summed E-state index contributed by atoms with van der Waals surface area (Å²) in [5.74, 6) is -0.0614. The number of aryl methyl sites for hydroxylation is 2. The monoisotopic (exact) mass is 300 g/mol. The molecule has 0 aliphatic carbocycles. The maximum Gasteiger partial charge on any atom is 0.251 e. The number of carbonyl (C=O) groups is 1. The first-order valence-electron chi connectivity index (χ1n) is 7.47. The Morgan fingerprint density at radius 1 is 1.27 bits per heavy atom. The number of nitrogens with zero attached hydrogens (tertiary/aromatic N) is 3. The summed E-state index contributed by atoms with van der Waals surface area (Å²) < 4.78 is 1.99. The summed E-state index contributed by atoms with van der Waals surface area (Å²) >= 11 is 0. The number of amides is 1. The fourth-order valence-corrected chi connectivity index (χ4v) is 2.35. The Morgan fingerprint density at radius 3 is 2.41 bits per heavy atom. The van der Waals surface area contributed by atoms with Gasteiger partial charge in [-0.15, -0.1) is 0 Å². The van der Waals surface area contributed by atoms with Crippen LogP contribution in [0.2, 0.25) is 0 Å². The van der Waals surface area contributed by atoms with Gasteiger partial charge in [-0.2, -0.15) is 0 Å². The first kappa shape index (κ1) is 16.2. The van der Waals surface area contributed by atoms with Gasteiger partial charge >= 0.3 is 0 Å². The maximum atomic E-state index is 12.6. The van der Waals surface area contributed by atoms with Crippen molar-refractivity contribution in [2.75, 3.05) is 0 Å². The van der Waals surface area contributed by atoms with E-state index in [4.69, 9.17) is 0 Å². The van der Waals surface area contributed by atoms with Gasteiger partial charge in [0.05, 0.1) is 12.4 Å². The van der Waals surface area contributed by atoms with Crippen LogP contribution >= 0.6 is 0 Å². The van der Waals surface area contributed by atoms with Gasteiger partial charge in [-0.1, -0.05) is 20.8 Å². The van der Waals surface area contributed by atoms with Crippen LogP contribution in [0.3, 0.4) is 0 Å². The van der Waals surface area contributed by atoms with Crippen LogP contribution < -0.4 is 5.32 Å². The standard InChI is InChI=1S/C17H24N4O/c1-12-8-14(9-13(2)19-12)16(22)20-15(17(3,4)5)10-21-7-6-18-11-21/h6-9,11,15H,10H2,1-5H3,(H,20,22)/t15-/m1/s1. The van der Waals surface area contributed by atoms with E-state index in [1.807, 2.05) is 36.7 Å². The molecule has 0 aromatic carbocycles. The van der Waals surface area contributed by atoms with E-state index in [0.29, 0.717) is 12.1 Å². The van der Waals surface area contributed by atoms with Crippen molar-refractivity contribution >= 4 is 5.91 Å². The van der Waals surface area contributed by atoms with Gasteiger partial charge in [-0.3, -0.25) is 9.78 Å². The molecule has 22 heavy (non-hydrogen) atoms. The van der Waals surface area contributed by atoms with Crippen molar-refractivity contribution in [1.82, 2.24) is 19.9 Å². The summed E-state index contributed by atoms with van der Waals surface area (Å²) in [5.41, 5.74) is 2.31. The average Bonchev–Trinajstić information content (AvgIpc) is 2.88. The molecule has 0 radical (unpaired) electrons. The van der Waals surface area contributed by atoms with Crippen molar-refractivity contribution in [3.05, 3.63) is 47.8 Å². The minimum Gasteiger partial charge on any atom is -0.347 e. The minimum absolute atomic E-state index is 0.00276. The molecule has 0 saturated carbocycles. The van der Waals surface area contributed by atoms with E-state index in [1.165, 1.54) is 0 Å². The minimum atomic E-state index is -0.0614. The van der Waals surface area contributed by atoms with Gasteiger partial charge in [-0.25, -0.2) is 4.98 Å². The lowest BCUT2D eigenvalue weighted by molar-refractivity contribution is 0.0892. The fourth-order valence-electron chi connectivity index (χ4n) is 2.35. The third kappa shape index (κ3) is 4.16. The third-order valence-corrected chi connectivity index (χ3v) is 3.65. The molecule has 2 aromatic rings. The SMILES string of the molecule is Cc1cc(C(=O)N[C@H](Cn2ccnc2)C(C)(C)C)cc(C)n1. The summed E-state index contributed by atoms with van der Waals surface area (Å²) in [7, 11) is 0. The molecule has 2 aromatic heterocycles. The second-order valence-corrected chi connectivity index (χ2v) is 6.79. The molecule has 0 unspecified atom stereocenters. The number of rotatable bonds is 4. The number of hydrogen-bond donors (Lipinski definition) is 1. The number of hydrogen-bond acceptors (Lipinski definition) is 3. The van der Waals surface area contributed by atoms with Crippen LogP contribution in [-0.2, 0) is 6.54 Å². The molecule has 2 rings (SSSR count). The van der Waals surface area contributed by atoms with Gasteiger partial charge in [0.15, 0.2) is 0 Å². The Bertz CT molecular complexity index is 621. The molecule has 0 spiro atoms. The molecular weight excluding hydrogens is 276 g/mol. The quantitative estimate of drug-likeness (QED) is 0.944. The first-order valence-corrected chi connectivity index (χ1v) is 7.47. The molecule has 1 amide bonds. The van der Waals surface area contributed by atoms with Crippen LogP contribution in [0.4, 0.5) is 0 Å². The lowest BCUT2D eigenvalue weighted by Crippen LogP contribution is -2.46. The van der Waals surface area contributed by atoms with Crippen LogP contribution in [-0.4, -0.2) is 26.5 Å². The lowest BCUT2D eigenvalue weighted by atomic mass is 9.86. The summed E-state index contributed by atoms with van der Waals surface area (Å²) in [6.07, 6.45) is 5.42. The second kappa shape index (κ2) is 6.30. The van der Waals surface area contributed by atoms with Crippen LogP contribution in [0.25, 0.3) is 0 Å². The van der Waals surface area contributed by atoms with E-state index in [9.17, 15) is 4.79 Å². The van der Waals surface area contributed by atoms with Crippen molar-refractivity contribution in [3.63, 3.8) is 0 Å². The highest BCUT2D eigenvalue weighted by Gasteiger charge is 2.27. The molecule has 0 fully saturated rings. The summed E-state index contributed by atoms with van der Waals surface area (Å²) in [5, 5.41) is 3.15. The van der Waals surface area contributed by atoms with E-state index in [-0.39, 0.29) is 17.4 Å². The molecular formula is C17H24N4O. The predicted molar refractivity (Wildman–Crippen MR) is 86.6 cm³/mol. The number of carbonyl (C=O) groups excluding carboxylic acids is 1. The topological polar surface area (TPSA) is 59.8 Å². The second-order valence-electron chi connectivity index (χ2n) is 6.79. The van der Waals surface area contributed by atoms with Crippen molar-refractivity contribution in [1.29, 1.82) is 0 Å². The zero-order chi connectivity index (χ0) is 16.3. The molecule has 2 heterocycles. The molecule has 0 aliphatic heterocycles. The number of imidazole rings is 1. The van der Waals surface area contributed by atoms with Crippen LogP contribution in [0.5, 0.6) is 0 Å². The zero-order valence-electron chi connectivity index (χ0n) is 13.9. The average molecular weight is 300 g/mol. The summed E-state index contributed by atoms with van der Waals surface area (Å²) in [4.78, 5) is 20.9. The highest BCUT2D eigenvalue weighted by Crippen LogP contribution is 2.21. The predicted octanol–water partition coefficient (Wildman–Crippen LogP) is 2.74. The lowest BCUT2D eigenvalue weighted by Gasteiger charge is -2.31. The van der Waals surface area contributed by atoms with E-state index in [2.05, 4.69) is 36.1 Å². The van der Waals surface area contributed by atoms with Gasteiger partial charge in [0, 0.05) is 35.9 Å². The van der Waals surface area contributed by atoms with Gasteiger partial charge < -0.3 is 9.88 Å². The Hall–Kier alpha value is -2.17. The Balaban J connectivity index is 2.17. The highest BCUT2D eigenvalue weighted by atomic mass is 16.1. The highest BCUT2D eigenvalue weighted by molar-refractivity contribution is 5.94. The zero-order valence-corrected chi connectivity index (χ0v) is 13.9. The molecule has 0 bridgehead atoms. The summed E-state index contributed by atoms with van der Waals surface area (Å²) in [6, 6.07) is 3.64. The number of pyridine rings is 1. The first-order chi connectivity index (χ1) is 10.3. The van der Waals surface area contributed by atoms with Gasteiger partial charge in [0.2, 0.25) is 0 Å². The third-order valence-electron chi connectivity index (χ3n) is 3.65. The van der Waals surface area contributed by atoms with Crippen molar-refractivity contribution in [2.45, 2.75) is 47.2 Å². The van der Waals surface area contributed by atoms with Crippen LogP contribution in [0.15, 0.2) is 30.9 Å². The fraction of sp³-hybridized carbons (Fsp3) is 0.471. The van der Waals surface area contributed by atoms with Crippen LogP contribution in [0.1, 0.15) is 42.5 Å². The Kier molecular flexibility index (Phi) is 4.64. The Morgan fingerprint density at radius 2 is 1.91 bits per heavy atom. The molecule has 1 N–H and O–H groups in total. The van der Waals surface area contributed by atoms with Crippen molar-refractivity contribution in [3.8, 4) is 0 Å². The van der Waals surface area contributed by atoms with Crippen LogP contribution in [0, 0.1) is 19.3 Å². The molecule has 5 heteroatoms. The van der Waals surface area contributed by atoms with Crippen molar-refractivity contribution in [2.24, 2.45) is 5.41 Å². The largest absolute Gasteiger partial charge is 0.347 e. The number of nitrogens with one attached hydrogen (secondary N) is 1. The summed E-state index contributed by atoms with van der Waals surface area (Å²) in [6.45, 7) is 10.9. The van der Waals surface area contributed by atoms with E-state index in [1.54, 1.807) is 12.5 Å². The molecule has 1 atom stereocenters. The number of aromatic nitrogens is 3. The molecule has 0 aliphatic rings. The molecule has 118 valence electrons. The van der Waals surface area contributed by atoms with Crippen molar-refractivity contribution < 1.29 is 4.79 Å². The smallest absolute Gasteiger partial charge is 0.251 e. The van der Waals surface area contributed by atoms with Gasteiger partial charge in [-0.05, 0) is 31.4 Å². The molecule has 5 nitrogen and oxygen atoms in total. The van der Waals surface area contributed by atoms with E-state index < -0.39 is 0 Å². The van der Waals surface area contributed by atoms with Gasteiger partial charge in [0.1, 0.15) is 0 Å². The maximum absolute atomic E-state index is 12.6. The van der Waals surface area contributed by atoms with Gasteiger partial charge in [0.25, 0.3) is 5.91 Å². The van der Waals surface area contributed by atoms with E-state index >= 15 is 0 Å². The Labute approximate surface area is 131 Å². The molecule has 0 saturated heterocycles. The van der Waals surface area contributed by atoms with E-state index in [0.717, 1.165) is 11.4 Å². The normalized spacial score (nSPS) is 13.0.